The highest BCUT2D eigenvalue weighted by Crippen LogP contribution is 2.28. The van der Waals surface area contributed by atoms with Crippen LogP contribution in [0.1, 0.15) is 16.8 Å². The van der Waals surface area contributed by atoms with Crippen molar-refractivity contribution in [1.82, 2.24) is 14.7 Å². The highest BCUT2D eigenvalue weighted by atomic mass is 35.5. The summed E-state index contributed by atoms with van der Waals surface area (Å²) in [5, 5.41) is 0.498. The predicted molar refractivity (Wildman–Crippen MR) is 127 cm³/mol. The van der Waals surface area contributed by atoms with Crippen LogP contribution in [0.2, 0.25) is 5.02 Å². The number of carbonyl (C=O) groups excluding carboxylic acids is 2. The van der Waals surface area contributed by atoms with Crippen LogP contribution in [0.25, 0.3) is 0 Å². The molecular formula is C25H28ClF2N3O4. The van der Waals surface area contributed by atoms with Gasteiger partial charge in [0.2, 0.25) is 5.91 Å². The quantitative estimate of drug-likeness (QED) is 0.601. The van der Waals surface area contributed by atoms with Crippen LogP contribution in [0.15, 0.2) is 42.5 Å². The van der Waals surface area contributed by atoms with E-state index in [1.54, 1.807) is 29.2 Å². The molecule has 2 aliphatic heterocycles. The monoisotopic (exact) mass is 507 g/mol. The zero-order valence-electron chi connectivity index (χ0n) is 19.5. The van der Waals surface area contributed by atoms with E-state index in [1.165, 1.54) is 4.90 Å². The van der Waals surface area contributed by atoms with E-state index in [0.717, 1.165) is 25.2 Å². The number of halogens is 3. The first-order chi connectivity index (χ1) is 16.7. The first-order valence-corrected chi connectivity index (χ1v) is 11.9. The highest BCUT2D eigenvalue weighted by molar-refractivity contribution is 6.30. The second-order valence-corrected chi connectivity index (χ2v) is 9.43. The third-order valence-corrected chi connectivity index (χ3v) is 6.56. The average molecular weight is 508 g/mol. The topological polar surface area (TPSA) is 62.3 Å². The number of likely N-dealkylation sites (N-methyl/N-ethyl adjacent to an activating group) is 1. The molecule has 2 aromatic rings. The van der Waals surface area contributed by atoms with Gasteiger partial charge in [0, 0.05) is 43.8 Å². The van der Waals surface area contributed by atoms with E-state index in [-0.39, 0.29) is 44.2 Å². The largest absolute Gasteiger partial charge is 0.490 e. The van der Waals surface area contributed by atoms with Crippen molar-refractivity contribution < 1.29 is 27.8 Å². The second kappa shape index (κ2) is 10.9. The van der Waals surface area contributed by atoms with Crippen molar-refractivity contribution in [3.8, 4) is 5.75 Å². The van der Waals surface area contributed by atoms with Gasteiger partial charge in [0.05, 0.1) is 25.1 Å². The number of ether oxygens (including phenoxy) is 2. The van der Waals surface area contributed by atoms with Gasteiger partial charge in [0.1, 0.15) is 29.6 Å². The van der Waals surface area contributed by atoms with Crippen LogP contribution in [0, 0.1) is 11.6 Å². The molecule has 2 aromatic carbocycles. The molecule has 188 valence electrons. The van der Waals surface area contributed by atoms with Gasteiger partial charge in [-0.15, -0.1) is 0 Å². The van der Waals surface area contributed by atoms with Gasteiger partial charge < -0.3 is 24.2 Å². The maximum absolute atomic E-state index is 14.3. The van der Waals surface area contributed by atoms with Crippen molar-refractivity contribution in [3.63, 3.8) is 0 Å². The van der Waals surface area contributed by atoms with Gasteiger partial charge in [-0.2, -0.15) is 0 Å². The fraction of sp³-hybridized carbons (Fsp3) is 0.440. The Morgan fingerprint density at radius 3 is 2.54 bits per heavy atom. The number of morpholine rings is 1. The van der Waals surface area contributed by atoms with Crippen LogP contribution in [-0.2, 0) is 9.53 Å². The molecule has 2 fully saturated rings. The van der Waals surface area contributed by atoms with Crippen LogP contribution >= 0.6 is 11.6 Å². The minimum Gasteiger partial charge on any atom is -0.490 e. The van der Waals surface area contributed by atoms with Gasteiger partial charge in [-0.1, -0.05) is 17.7 Å². The number of rotatable bonds is 6. The lowest BCUT2D eigenvalue weighted by Gasteiger charge is -2.43. The highest BCUT2D eigenvalue weighted by Gasteiger charge is 2.43. The van der Waals surface area contributed by atoms with Gasteiger partial charge in [0.15, 0.2) is 0 Å². The molecule has 0 radical (unpaired) electrons. The Balaban J connectivity index is 1.54. The maximum atomic E-state index is 14.3. The normalized spacial score (nSPS) is 21.1. The summed E-state index contributed by atoms with van der Waals surface area (Å²) in [7, 11) is 2.00. The number of nitrogens with zero attached hydrogens (tertiary/aromatic N) is 3. The Morgan fingerprint density at radius 2 is 1.83 bits per heavy atom. The Hall–Kier alpha value is -2.75. The Labute approximate surface area is 208 Å². The molecule has 0 aromatic heterocycles. The van der Waals surface area contributed by atoms with Crippen LogP contribution in [0.4, 0.5) is 8.78 Å². The van der Waals surface area contributed by atoms with E-state index >= 15 is 0 Å². The van der Waals surface area contributed by atoms with Crippen LogP contribution in [-0.4, -0.2) is 91.6 Å². The van der Waals surface area contributed by atoms with Crippen molar-refractivity contribution in [1.29, 1.82) is 0 Å². The Bertz CT molecular complexity index is 1080. The van der Waals surface area contributed by atoms with Crippen molar-refractivity contribution in [2.75, 3.05) is 59.5 Å². The number of hydrogen-bond donors (Lipinski definition) is 0. The first kappa shape index (κ1) is 25.3. The molecular weight excluding hydrogens is 480 g/mol. The second-order valence-electron chi connectivity index (χ2n) is 8.99. The zero-order chi connectivity index (χ0) is 25.0. The Morgan fingerprint density at radius 1 is 1.06 bits per heavy atom. The number of hydrogen-bond acceptors (Lipinski definition) is 5. The summed E-state index contributed by atoms with van der Waals surface area (Å²) in [5.74, 6) is -1.89. The molecule has 7 nitrogen and oxygen atoms in total. The van der Waals surface area contributed by atoms with Crippen molar-refractivity contribution in [3.05, 3.63) is 64.7 Å². The van der Waals surface area contributed by atoms with E-state index in [1.807, 2.05) is 7.05 Å². The minimum absolute atomic E-state index is 0.00698. The molecule has 10 heteroatoms. The van der Waals surface area contributed by atoms with E-state index in [2.05, 4.69) is 4.90 Å². The fourth-order valence-corrected chi connectivity index (χ4v) is 4.49. The molecule has 0 N–H and O–H groups in total. The lowest BCUT2D eigenvalue weighted by atomic mass is 9.96. The SMILES string of the molecule is CN1CCN(C(=O)CC2(COc3cccc(Cl)c3)CN(C(=O)c3ccc(F)cc3F)CCO2)CC1. The van der Waals surface area contributed by atoms with Crippen LogP contribution in [0.5, 0.6) is 5.75 Å². The summed E-state index contributed by atoms with van der Waals surface area (Å²) in [6.07, 6.45) is -0.00698. The molecule has 35 heavy (non-hydrogen) atoms. The van der Waals surface area contributed by atoms with Crippen molar-refractivity contribution in [2.24, 2.45) is 0 Å². The summed E-state index contributed by atoms with van der Waals surface area (Å²) in [6, 6.07) is 9.70. The molecule has 4 rings (SSSR count). The lowest BCUT2D eigenvalue weighted by Crippen LogP contribution is -2.59. The standard InChI is InChI=1S/C25H28ClF2N3O4/c1-29-7-9-30(10-8-29)23(32)15-25(17-34-20-4-2-3-18(26)13-20)16-31(11-12-35-25)24(33)21-6-5-19(27)14-22(21)28/h2-6,13-14H,7-12,15-17H2,1H3. The van der Waals surface area contributed by atoms with E-state index in [0.29, 0.717) is 29.9 Å². The van der Waals surface area contributed by atoms with Gasteiger partial charge in [-0.25, -0.2) is 8.78 Å². The van der Waals surface area contributed by atoms with Gasteiger partial charge in [0.25, 0.3) is 5.91 Å². The number of piperazine rings is 1. The van der Waals surface area contributed by atoms with Gasteiger partial charge >= 0.3 is 0 Å². The molecule has 2 aliphatic rings. The fourth-order valence-electron chi connectivity index (χ4n) is 4.31. The molecule has 0 saturated carbocycles. The van der Waals surface area contributed by atoms with Crippen molar-refractivity contribution >= 4 is 23.4 Å². The van der Waals surface area contributed by atoms with E-state index in [9.17, 15) is 18.4 Å². The molecule has 0 aliphatic carbocycles. The number of benzene rings is 2. The van der Waals surface area contributed by atoms with Gasteiger partial charge in [-0.3, -0.25) is 9.59 Å². The van der Waals surface area contributed by atoms with E-state index in [4.69, 9.17) is 21.1 Å². The van der Waals surface area contributed by atoms with Crippen LogP contribution in [0.3, 0.4) is 0 Å². The van der Waals surface area contributed by atoms with E-state index < -0.39 is 23.1 Å². The minimum atomic E-state index is -1.15. The Kier molecular flexibility index (Phi) is 7.88. The maximum Gasteiger partial charge on any atom is 0.257 e. The molecule has 1 atom stereocenters. The summed E-state index contributed by atoms with van der Waals surface area (Å²) >= 11 is 6.07. The smallest absolute Gasteiger partial charge is 0.257 e. The molecule has 1 unspecified atom stereocenters. The van der Waals surface area contributed by atoms with Crippen molar-refractivity contribution in [2.45, 2.75) is 12.0 Å². The summed E-state index contributed by atoms with van der Waals surface area (Å²) < 4.78 is 39.7. The summed E-state index contributed by atoms with van der Waals surface area (Å²) in [4.78, 5) is 31.7. The molecule has 2 amide bonds. The van der Waals surface area contributed by atoms with Crippen LogP contribution < -0.4 is 4.74 Å². The summed E-state index contributed by atoms with van der Waals surface area (Å²) in [6.45, 7) is 3.10. The lowest BCUT2D eigenvalue weighted by molar-refractivity contribution is -0.154. The first-order valence-electron chi connectivity index (χ1n) is 11.5. The predicted octanol–water partition coefficient (Wildman–Crippen LogP) is 3.07. The third-order valence-electron chi connectivity index (χ3n) is 6.32. The number of carbonyl (C=O) groups is 2. The zero-order valence-corrected chi connectivity index (χ0v) is 20.3. The third kappa shape index (κ3) is 6.28. The van der Waals surface area contributed by atoms with Gasteiger partial charge in [-0.05, 0) is 37.4 Å². The molecule has 0 bridgehead atoms. The molecule has 0 spiro atoms. The number of amides is 2. The average Bonchev–Trinajstić information content (AvgIpc) is 2.83. The molecule has 2 heterocycles. The molecule has 2 saturated heterocycles. The summed E-state index contributed by atoms with van der Waals surface area (Å²) in [5.41, 5.74) is -1.38.